The van der Waals surface area contributed by atoms with Crippen molar-refractivity contribution >= 4 is 17.8 Å². The highest BCUT2D eigenvalue weighted by molar-refractivity contribution is 6.22. The highest BCUT2D eigenvalue weighted by Gasteiger charge is 2.41. The van der Waals surface area contributed by atoms with Crippen molar-refractivity contribution in [3.63, 3.8) is 0 Å². The lowest BCUT2D eigenvalue weighted by atomic mass is 10.1. The number of rotatable bonds is 6. The Morgan fingerprint density at radius 2 is 1.48 bits per heavy atom. The van der Waals surface area contributed by atoms with Crippen LogP contribution in [0.5, 0.6) is 5.75 Å². The Kier molecular flexibility index (Phi) is 5.26. The van der Waals surface area contributed by atoms with Crippen LogP contribution in [0.15, 0.2) is 42.5 Å². The number of carbonyl (C=O) groups excluding carboxylic acids is 3. The molecule has 0 bridgehead atoms. The van der Waals surface area contributed by atoms with Crippen LogP contribution in [0.3, 0.4) is 0 Å². The minimum atomic E-state index is -1.00. The number of nitrogens with zero attached hydrogens (tertiary/aromatic N) is 1. The molecule has 0 fully saturated rings. The normalized spacial score (nSPS) is 14.1. The fourth-order valence-electron chi connectivity index (χ4n) is 3.10. The van der Waals surface area contributed by atoms with Gasteiger partial charge in [-0.25, -0.2) is 4.79 Å². The molecule has 6 heteroatoms. The van der Waals surface area contributed by atoms with Gasteiger partial charge in [0.1, 0.15) is 25.0 Å². The van der Waals surface area contributed by atoms with E-state index in [-0.39, 0.29) is 13.2 Å². The Morgan fingerprint density at radius 3 is 2.04 bits per heavy atom. The summed E-state index contributed by atoms with van der Waals surface area (Å²) in [4.78, 5) is 38.1. The highest BCUT2D eigenvalue weighted by Crippen LogP contribution is 2.25. The molecular formula is C21H21NO5. The number of ether oxygens (including phenoxy) is 2. The Balaban J connectivity index is 1.56. The molecule has 1 aliphatic rings. The lowest BCUT2D eigenvalue weighted by Crippen LogP contribution is -2.44. The number of fused-ring (bicyclic) bond motifs is 1. The van der Waals surface area contributed by atoms with Crippen molar-refractivity contribution < 1.29 is 23.9 Å². The van der Waals surface area contributed by atoms with E-state index in [0.717, 1.165) is 21.8 Å². The molecule has 0 radical (unpaired) electrons. The van der Waals surface area contributed by atoms with E-state index in [1.807, 2.05) is 32.0 Å². The summed E-state index contributed by atoms with van der Waals surface area (Å²) in [6.45, 7) is 5.58. The van der Waals surface area contributed by atoms with Crippen LogP contribution in [0.4, 0.5) is 0 Å². The molecule has 0 unspecified atom stereocenters. The van der Waals surface area contributed by atoms with Crippen molar-refractivity contribution in [3.05, 3.63) is 64.7 Å². The molecule has 2 aromatic rings. The van der Waals surface area contributed by atoms with Crippen molar-refractivity contribution in [1.29, 1.82) is 0 Å². The molecule has 1 heterocycles. The number of amides is 2. The van der Waals surface area contributed by atoms with E-state index in [9.17, 15) is 14.4 Å². The molecular weight excluding hydrogens is 346 g/mol. The average Bonchev–Trinajstić information content (AvgIpc) is 2.91. The molecule has 2 aromatic carbocycles. The maximum absolute atomic E-state index is 12.4. The Hall–Kier alpha value is -3.15. The molecule has 0 saturated heterocycles. The van der Waals surface area contributed by atoms with E-state index >= 15 is 0 Å². The zero-order valence-corrected chi connectivity index (χ0v) is 15.5. The SMILES string of the molecule is Cc1cccc(C)c1OCCOC(=O)[C@@H](C)N1C(=O)c2ccccc2C1=O. The molecule has 0 N–H and O–H groups in total. The van der Waals surface area contributed by atoms with E-state index in [0.29, 0.717) is 11.1 Å². The highest BCUT2D eigenvalue weighted by atomic mass is 16.6. The van der Waals surface area contributed by atoms with Crippen LogP contribution in [-0.4, -0.2) is 41.9 Å². The van der Waals surface area contributed by atoms with E-state index in [2.05, 4.69) is 0 Å². The van der Waals surface area contributed by atoms with Crippen molar-refractivity contribution in [2.75, 3.05) is 13.2 Å². The van der Waals surface area contributed by atoms with Crippen LogP contribution in [0, 0.1) is 13.8 Å². The smallest absolute Gasteiger partial charge is 0.329 e. The molecule has 1 atom stereocenters. The minimum Gasteiger partial charge on any atom is -0.489 e. The first kappa shape index (κ1) is 18.6. The van der Waals surface area contributed by atoms with Gasteiger partial charge in [-0.3, -0.25) is 14.5 Å². The second-order valence-corrected chi connectivity index (χ2v) is 6.44. The lowest BCUT2D eigenvalue weighted by Gasteiger charge is -2.21. The van der Waals surface area contributed by atoms with Gasteiger partial charge in [0, 0.05) is 0 Å². The molecule has 0 aliphatic carbocycles. The predicted octanol–water partition coefficient (Wildman–Crippen LogP) is 2.91. The first-order valence-corrected chi connectivity index (χ1v) is 8.74. The summed E-state index contributed by atoms with van der Waals surface area (Å²) in [6.07, 6.45) is 0. The number of imide groups is 1. The van der Waals surface area contributed by atoms with Gasteiger partial charge < -0.3 is 9.47 Å². The van der Waals surface area contributed by atoms with Crippen LogP contribution >= 0.6 is 0 Å². The Labute approximate surface area is 157 Å². The van der Waals surface area contributed by atoms with E-state index in [1.54, 1.807) is 24.3 Å². The number of hydrogen-bond donors (Lipinski definition) is 0. The fraction of sp³-hybridized carbons (Fsp3) is 0.286. The van der Waals surface area contributed by atoms with E-state index in [4.69, 9.17) is 9.47 Å². The summed E-state index contributed by atoms with van der Waals surface area (Å²) in [5, 5.41) is 0. The summed E-state index contributed by atoms with van der Waals surface area (Å²) >= 11 is 0. The molecule has 2 amide bonds. The van der Waals surface area contributed by atoms with Gasteiger partial charge >= 0.3 is 5.97 Å². The van der Waals surface area contributed by atoms with E-state index in [1.165, 1.54) is 6.92 Å². The summed E-state index contributed by atoms with van der Waals surface area (Å²) in [5.74, 6) is -0.838. The first-order valence-electron chi connectivity index (χ1n) is 8.74. The predicted molar refractivity (Wildman–Crippen MR) is 98.8 cm³/mol. The third kappa shape index (κ3) is 3.56. The fourth-order valence-corrected chi connectivity index (χ4v) is 3.10. The zero-order valence-electron chi connectivity index (χ0n) is 15.5. The van der Waals surface area contributed by atoms with Crippen molar-refractivity contribution in [1.82, 2.24) is 4.90 Å². The number of para-hydroxylation sites is 1. The van der Waals surface area contributed by atoms with Gasteiger partial charge in [-0.15, -0.1) is 0 Å². The maximum atomic E-state index is 12.4. The zero-order chi connectivity index (χ0) is 19.6. The largest absolute Gasteiger partial charge is 0.489 e. The monoisotopic (exact) mass is 367 g/mol. The number of aryl methyl sites for hydroxylation is 2. The summed E-state index contributed by atoms with van der Waals surface area (Å²) < 4.78 is 10.9. The third-order valence-electron chi connectivity index (χ3n) is 4.54. The lowest BCUT2D eigenvalue weighted by molar-refractivity contribution is -0.148. The standard InChI is InChI=1S/C21H21NO5/c1-13-7-6-8-14(2)18(13)26-11-12-27-21(25)15(3)22-19(23)16-9-4-5-10-17(16)20(22)24/h4-10,15H,11-12H2,1-3H3/t15-/m1/s1. The number of hydrogen-bond acceptors (Lipinski definition) is 5. The second-order valence-electron chi connectivity index (χ2n) is 6.44. The molecule has 0 spiro atoms. The first-order chi connectivity index (χ1) is 12.9. The van der Waals surface area contributed by atoms with Gasteiger partial charge in [-0.2, -0.15) is 0 Å². The number of carbonyl (C=O) groups is 3. The van der Waals surface area contributed by atoms with Crippen molar-refractivity contribution in [2.45, 2.75) is 26.8 Å². The minimum absolute atomic E-state index is 0.0279. The molecule has 1 aliphatic heterocycles. The van der Waals surface area contributed by atoms with Gasteiger partial charge in [0.15, 0.2) is 0 Å². The average molecular weight is 367 g/mol. The molecule has 27 heavy (non-hydrogen) atoms. The summed E-state index contributed by atoms with van der Waals surface area (Å²) in [6, 6.07) is 11.3. The number of esters is 1. The van der Waals surface area contributed by atoms with Gasteiger partial charge in [0.05, 0.1) is 11.1 Å². The second kappa shape index (κ2) is 7.61. The molecule has 0 aromatic heterocycles. The third-order valence-corrected chi connectivity index (χ3v) is 4.54. The van der Waals surface area contributed by atoms with Gasteiger partial charge in [-0.1, -0.05) is 30.3 Å². The summed E-state index contributed by atoms with van der Waals surface area (Å²) in [5.41, 5.74) is 2.61. The maximum Gasteiger partial charge on any atom is 0.329 e. The molecule has 3 rings (SSSR count). The Bertz CT molecular complexity index is 850. The molecule has 0 saturated carbocycles. The summed E-state index contributed by atoms with van der Waals surface area (Å²) in [7, 11) is 0. The van der Waals surface area contributed by atoms with E-state index < -0.39 is 23.8 Å². The molecule has 6 nitrogen and oxygen atoms in total. The topological polar surface area (TPSA) is 72.9 Å². The van der Waals surface area contributed by atoms with Crippen LogP contribution in [0.1, 0.15) is 38.8 Å². The van der Waals surface area contributed by atoms with Crippen molar-refractivity contribution in [2.24, 2.45) is 0 Å². The Morgan fingerprint density at radius 1 is 0.926 bits per heavy atom. The van der Waals surface area contributed by atoms with Gasteiger partial charge in [0.25, 0.3) is 11.8 Å². The van der Waals surface area contributed by atoms with Crippen LogP contribution in [0.2, 0.25) is 0 Å². The quantitative estimate of drug-likeness (QED) is 0.446. The number of benzene rings is 2. The van der Waals surface area contributed by atoms with Crippen LogP contribution < -0.4 is 4.74 Å². The van der Waals surface area contributed by atoms with Crippen molar-refractivity contribution in [3.8, 4) is 5.75 Å². The molecule has 140 valence electrons. The van der Waals surface area contributed by atoms with Gasteiger partial charge in [0.2, 0.25) is 0 Å². The van der Waals surface area contributed by atoms with Crippen LogP contribution in [0.25, 0.3) is 0 Å². The van der Waals surface area contributed by atoms with Crippen LogP contribution in [-0.2, 0) is 9.53 Å². The van der Waals surface area contributed by atoms with Gasteiger partial charge in [-0.05, 0) is 44.0 Å².